The minimum Gasteiger partial charge on any atom is -0.354 e. The molecule has 0 spiro atoms. The Morgan fingerprint density at radius 2 is 0.787 bits per heavy atom. The maximum absolute atomic E-state index is 3.79. The van der Waals surface area contributed by atoms with Crippen molar-refractivity contribution in [2.24, 2.45) is 0 Å². The SMILES string of the molecule is c1cc(-c2c3ccccc3c(-c3ccc4ccccc4c3)c3ccccc23)cc(-c2c3ccccc3cc3c2[nH]c2ccccc23)c1. The van der Waals surface area contributed by atoms with Gasteiger partial charge in [0.25, 0.3) is 0 Å². The smallest absolute Gasteiger partial charge is 0.0551 e. The molecule has 47 heavy (non-hydrogen) atoms. The van der Waals surface area contributed by atoms with E-state index in [1.54, 1.807) is 0 Å². The highest BCUT2D eigenvalue weighted by molar-refractivity contribution is 6.23. The summed E-state index contributed by atoms with van der Waals surface area (Å²) in [5, 5.41) is 12.6. The van der Waals surface area contributed by atoms with Gasteiger partial charge in [0.05, 0.1) is 5.52 Å². The van der Waals surface area contributed by atoms with Crippen molar-refractivity contribution in [2.45, 2.75) is 0 Å². The summed E-state index contributed by atoms with van der Waals surface area (Å²) < 4.78 is 0. The van der Waals surface area contributed by atoms with Crippen molar-refractivity contribution in [2.75, 3.05) is 0 Å². The van der Waals surface area contributed by atoms with Gasteiger partial charge in [-0.15, -0.1) is 0 Å². The standard InChI is InChI=1S/C46H29N/c1-2-13-30-26-34(25-24-29(30)12-1)44-39-21-7-5-19-37(39)43(38-20-6-8-22-40(38)44)32-15-11-16-33(27-32)45-35-17-4-3-14-31(35)28-41-36-18-9-10-23-42(36)47-46(41)45/h1-28,47H. The van der Waals surface area contributed by atoms with E-state index in [0.29, 0.717) is 0 Å². The maximum atomic E-state index is 3.79. The van der Waals surface area contributed by atoms with E-state index in [4.69, 9.17) is 0 Å². The van der Waals surface area contributed by atoms with Crippen molar-refractivity contribution in [3.05, 3.63) is 170 Å². The normalized spacial score (nSPS) is 11.8. The number of rotatable bonds is 3. The first kappa shape index (κ1) is 26.1. The predicted molar refractivity (Wildman–Crippen MR) is 202 cm³/mol. The monoisotopic (exact) mass is 595 g/mol. The molecule has 1 heteroatoms. The van der Waals surface area contributed by atoms with E-state index >= 15 is 0 Å². The molecule has 9 aromatic carbocycles. The zero-order valence-corrected chi connectivity index (χ0v) is 25.7. The van der Waals surface area contributed by atoms with Crippen LogP contribution in [0.25, 0.3) is 98.3 Å². The lowest BCUT2D eigenvalue weighted by molar-refractivity contribution is 1.54. The molecule has 0 fully saturated rings. The first-order valence-corrected chi connectivity index (χ1v) is 16.3. The van der Waals surface area contributed by atoms with Crippen molar-refractivity contribution >= 4 is 64.9 Å². The minimum atomic E-state index is 1.16. The molecule has 10 rings (SSSR count). The van der Waals surface area contributed by atoms with Crippen molar-refractivity contribution in [3.8, 4) is 33.4 Å². The van der Waals surface area contributed by atoms with Gasteiger partial charge in [0.15, 0.2) is 0 Å². The van der Waals surface area contributed by atoms with Crippen LogP contribution in [0.4, 0.5) is 0 Å². The summed E-state index contributed by atoms with van der Waals surface area (Å²) in [6.07, 6.45) is 0. The van der Waals surface area contributed by atoms with Crippen LogP contribution >= 0.6 is 0 Å². The summed E-state index contributed by atoms with van der Waals surface area (Å²) in [6.45, 7) is 0. The van der Waals surface area contributed by atoms with Crippen molar-refractivity contribution in [1.29, 1.82) is 0 Å². The molecule has 0 saturated heterocycles. The van der Waals surface area contributed by atoms with Crippen LogP contribution in [0.1, 0.15) is 0 Å². The average molecular weight is 596 g/mol. The molecule has 0 unspecified atom stereocenters. The van der Waals surface area contributed by atoms with Gasteiger partial charge >= 0.3 is 0 Å². The van der Waals surface area contributed by atoms with Crippen LogP contribution in [0.3, 0.4) is 0 Å². The van der Waals surface area contributed by atoms with Gasteiger partial charge in [-0.05, 0) is 95.2 Å². The van der Waals surface area contributed by atoms with Crippen molar-refractivity contribution < 1.29 is 0 Å². The van der Waals surface area contributed by atoms with Crippen molar-refractivity contribution in [3.63, 3.8) is 0 Å². The highest BCUT2D eigenvalue weighted by Crippen LogP contribution is 2.46. The first-order valence-electron chi connectivity index (χ1n) is 16.3. The van der Waals surface area contributed by atoms with E-state index in [-0.39, 0.29) is 0 Å². The lowest BCUT2D eigenvalue weighted by atomic mass is 9.85. The number of hydrogen-bond donors (Lipinski definition) is 1. The van der Waals surface area contributed by atoms with Crippen LogP contribution in [0, 0.1) is 0 Å². The highest BCUT2D eigenvalue weighted by Gasteiger charge is 2.19. The summed E-state index contributed by atoms with van der Waals surface area (Å²) in [5.74, 6) is 0. The van der Waals surface area contributed by atoms with E-state index in [9.17, 15) is 0 Å². The summed E-state index contributed by atoms with van der Waals surface area (Å²) in [5.41, 5.74) is 9.83. The van der Waals surface area contributed by atoms with E-state index in [1.165, 1.54) is 92.8 Å². The predicted octanol–water partition coefficient (Wildman–Crippen LogP) is 12.9. The quantitative estimate of drug-likeness (QED) is 0.196. The van der Waals surface area contributed by atoms with Crippen LogP contribution in [0.5, 0.6) is 0 Å². The number of aromatic amines is 1. The van der Waals surface area contributed by atoms with Gasteiger partial charge < -0.3 is 4.98 Å². The van der Waals surface area contributed by atoms with Gasteiger partial charge in [0, 0.05) is 21.9 Å². The Morgan fingerprint density at radius 1 is 0.277 bits per heavy atom. The lowest BCUT2D eigenvalue weighted by Gasteiger charge is -2.19. The van der Waals surface area contributed by atoms with Crippen LogP contribution in [0.15, 0.2) is 170 Å². The molecule has 1 N–H and O–H groups in total. The molecule has 1 aromatic heterocycles. The summed E-state index contributed by atoms with van der Waals surface area (Å²) in [4.78, 5) is 3.79. The largest absolute Gasteiger partial charge is 0.354 e. The topological polar surface area (TPSA) is 15.8 Å². The Labute approximate surface area is 272 Å². The third-order valence-corrected chi connectivity index (χ3v) is 9.94. The average Bonchev–Trinajstić information content (AvgIpc) is 3.50. The fraction of sp³-hybridized carbons (Fsp3) is 0. The summed E-state index contributed by atoms with van der Waals surface area (Å²) in [7, 11) is 0. The van der Waals surface area contributed by atoms with Crippen LogP contribution < -0.4 is 0 Å². The molecule has 0 amide bonds. The summed E-state index contributed by atoms with van der Waals surface area (Å²) in [6, 6.07) is 62.3. The number of nitrogens with one attached hydrogen (secondary N) is 1. The molecule has 1 nitrogen and oxygen atoms in total. The number of aromatic nitrogens is 1. The van der Waals surface area contributed by atoms with Gasteiger partial charge in [-0.1, -0.05) is 146 Å². The Balaban J connectivity index is 1.27. The van der Waals surface area contributed by atoms with E-state index in [0.717, 1.165) is 5.52 Å². The third kappa shape index (κ3) is 3.97. The second-order valence-corrected chi connectivity index (χ2v) is 12.5. The Kier molecular flexibility index (Phi) is 5.64. The number of benzene rings is 9. The second kappa shape index (κ2) is 10.2. The Morgan fingerprint density at radius 3 is 1.47 bits per heavy atom. The number of para-hydroxylation sites is 1. The summed E-state index contributed by atoms with van der Waals surface area (Å²) >= 11 is 0. The Bertz CT molecular complexity index is 2800. The third-order valence-electron chi connectivity index (χ3n) is 9.94. The van der Waals surface area contributed by atoms with E-state index in [2.05, 4.69) is 175 Å². The van der Waals surface area contributed by atoms with Gasteiger partial charge in [-0.3, -0.25) is 0 Å². The van der Waals surface area contributed by atoms with Gasteiger partial charge in [0.1, 0.15) is 0 Å². The second-order valence-electron chi connectivity index (χ2n) is 12.5. The zero-order chi connectivity index (χ0) is 30.9. The first-order chi connectivity index (χ1) is 23.3. The van der Waals surface area contributed by atoms with Crippen LogP contribution in [-0.2, 0) is 0 Å². The molecule has 0 radical (unpaired) electrons. The zero-order valence-electron chi connectivity index (χ0n) is 25.7. The van der Waals surface area contributed by atoms with Gasteiger partial charge in [0.2, 0.25) is 0 Å². The highest BCUT2D eigenvalue weighted by atomic mass is 14.7. The molecule has 218 valence electrons. The molecule has 0 aliphatic carbocycles. The van der Waals surface area contributed by atoms with Crippen LogP contribution in [-0.4, -0.2) is 4.98 Å². The lowest BCUT2D eigenvalue weighted by Crippen LogP contribution is -1.92. The van der Waals surface area contributed by atoms with Crippen LogP contribution in [0.2, 0.25) is 0 Å². The number of H-pyrrole nitrogens is 1. The fourth-order valence-corrected chi connectivity index (χ4v) is 7.88. The molecule has 1 heterocycles. The number of fused-ring (bicyclic) bond motifs is 7. The van der Waals surface area contributed by atoms with Crippen molar-refractivity contribution in [1.82, 2.24) is 4.98 Å². The minimum absolute atomic E-state index is 1.16. The maximum Gasteiger partial charge on any atom is 0.0551 e. The molecular weight excluding hydrogens is 567 g/mol. The molecule has 10 aromatic rings. The molecule has 0 atom stereocenters. The van der Waals surface area contributed by atoms with Gasteiger partial charge in [-0.25, -0.2) is 0 Å². The molecule has 0 bridgehead atoms. The fourth-order valence-electron chi connectivity index (χ4n) is 7.88. The molecular formula is C46H29N. The van der Waals surface area contributed by atoms with E-state index < -0.39 is 0 Å². The van der Waals surface area contributed by atoms with E-state index in [1.807, 2.05) is 0 Å². The number of hydrogen-bond acceptors (Lipinski definition) is 0. The molecule has 0 saturated carbocycles. The Hall–Kier alpha value is -6.18. The van der Waals surface area contributed by atoms with Gasteiger partial charge in [-0.2, -0.15) is 0 Å². The molecule has 0 aliphatic heterocycles. The molecule has 0 aliphatic rings.